The van der Waals surface area contributed by atoms with Gasteiger partial charge in [0.25, 0.3) is 0 Å². The van der Waals surface area contributed by atoms with Gasteiger partial charge in [0, 0.05) is 4.47 Å². The molecule has 3 aromatic carbocycles. The first-order chi connectivity index (χ1) is 21.3. The number of halogens is 4. The number of hydrogen-bond donors (Lipinski definition) is 0. The molecule has 2 saturated heterocycles. The number of benzene rings is 3. The highest BCUT2D eigenvalue weighted by atomic mass is 79.9. The summed E-state index contributed by atoms with van der Waals surface area (Å²) in [6, 6.07) is 17.5. The molecule has 2 aliphatic heterocycles. The predicted octanol–water partition coefficient (Wildman–Crippen LogP) is 8.08. The van der Waals surface area contributed by atoms with Gasteiger partial charge in [0.15, 0.2) is 0 Å². The average molecular weight is 694 g/mol. The van der Waals surface area contributed by atoms with Gasteiger partial charge in [-0.15, -0.1) is 0 Å². The highest BCUT2D eigenvalue weighted by molar-refractivity contribution is 9.10. The van der Waals surface area contributed by atoms with E-state index >= 15 is 0 Å². The molecule has 238 valence electrons. The second kappa shape index (κ2) is 14.0. The summed E-state index contributed by atoms with van der Waals surface area (Å²) in [5.74, 6) is -1.79. The summed E-state index contributed by atoms with van der Waals surface area (Å²) in [5, 5.41) is 25.5. The van der Waals surface area contributed by atoms with Crippen molar-refractivity contribution in [2.75, 3.05) is 0 Å². The van der Waals surface area contributed by atoms with E-state index in [1.807, 2.05) is 55.4 Å². The van der Waals surface area contributed by atoms with Gasteiger partial charge in [-0.25, -0.2) is 13.2 Å². The standard InChI is InChI=1S/C14H6F2N2.C12H24B2O4.C7H3BrFN/c15-13-5-9(1-3-11(13)7-17)10-2-4-12(8-18)14(16)6-10;1-9(2)10(3,4)16-13(15-9)14-17-11(5,6)12(7,8)18-14;8-6-2-1-5(4-10)7(9)3-6/h1-6H;1-8H3;1-3H. The van der Waals surface area contributed by atoms with Crippen molar-refractivity contribution in [2.24, 2.45) is 0 Å². The molecule has 0 radical (unpaired) electrons. The van der Waals surface area contributed by atoms with E-state index in [4.69, 9.17) is 34.4 Å². The van der Waals surface area contributed by atoms with Crippen molar-refractivity contribution in [1.82, 2.24) is 0 Å². The third kappa shape index (κ3) is 8.20. The molecule has 0 spiro atoms. The first-order valence-corrected chi connectivity index (χ1v) is 15.0. The summed E-state index contributed by atoms with van der Waals surface area (Å²) in [7, 11) is -0.952. The molecule has 0 aliphatic carbocycles. The fourth-order valence-corrected chi connectivity index (χ4v) is 4.48. The number of hydrogen-bond acceptors (Lipinski definition) is 7. The maximum Gasteiger partial charge on any atom is 0.488 e. The van der Waals surface area contributed by atoms with E-state index in [0.717, 1.165) is 0 Å². The van der Waals surface area contributed by atoms with E-state index in [9.17, 15) is 13.2 Å². The van der Waals surface area contributed by atoms with E-state index in [1.165, 1.54) is 48.5 Å². The maximum absolute atomic E-state index is 13.4. The van der Waals surface area contributed by atoms with E-state index in [2.05, 4.69) is 15.9 Å². The van der Waals surface area contributed by atoms with E-state index in [-0.39, 0.29) is 39.1 Å². The minimum absolute atomic E-state index is 0.0622. The van der Waals surface area contributed by atoms with Crippen molar-refractivity contribution in [3.05, 3.63) is 93.2 Å². The summed E-state index contributed by atoms with van der Waals surface area (Å²) in [4.78, 5) is 0. The summed E-state index contributed by atoms with van der Waals surface area (Å²) in [6.45, 7) is 16.2. The van der Waals surface area contributed by atoms with Crippen LogP contribution in [0.15, 0.2) is 59.1 Å². The number of nitriles is 3. The molecular formula is C33H33B2BrF3N3O4. The van der Waals surface area contributed by atoms with Crippen LogP contribution in [-0.2, 0) is 18.6 Å². The lowest BCUT2D eigenvalue weighted by Gasteiger charge is -2.32. The minimum Gasteiger partial charge on any atom is -0.405 e. The average Bonchev–Trinajstić information content (AvgIpc) is 3.33. The monoisotopic (exact) mass is 693 g/mol. The second-order valence-corrected chi connectivity index (χ2v) is 13.5. The second-order valence-electron chi connectivity index (χ2n) is 12.6. The Morgan fingerprint density at radius 1 is 0.522 bits per heavy atom. The molecule has 0 bridgehead atoms. The van der Waals surface area contributed by atoms with Gasteiger partial charge in [-0.3, -0.25) is 0 Å². The summed E-state index contributed by atoms with van der Waals surface area (Å²) in [5.41, 5.74) is -0.584. The summed E-state index contributed by atoms with van der Waals surface area (Å²) in [6.07, 6.45) is 0. The van der Waals surface area contributed by atoms with E-state index in [1.54, 1.807) is 24.3 Å². The van der Waals surface area contributed by atoms with Crippen molar-refractivity contribution < 1.29 is 31.8 Å². The Hall–Kier alpha value is -3.63. The molecule has 0 aromatic heterocycles. The van der Waals surface area contributed by atoms with Crippen LogP contribution in [0.2, 0.25) is 0 Å². The Morgan fingerprint density at radius 3 is 1.07 bits per heavy atom. The van der Waals surface area contributed by atoms with Crippen molar-refractivity contribution in [2.45, 2.75) is 77.8 Å². The zero-order chi connectivity index (χ0) is 34.7. The molecular weight excluding hydrogens is 661 g/mol. The highest BCUT2D eigenvalue weighted by Gasteiger charge is 2.63. The largest absolute Gasteiger partial charge is 0.488 e. The fourth-order valence-electron chi connectivity index (χ4n) is 4.15. The van der Waals surface area contributed by atoms with Gasteiger partial charge in [-0.1, -0.05) is 28.1 Å². The zero-order valence-electron chi connectivity index (χ0n) is 26.8. The molecule has 13 heteroatoms. The molecule has 0 amide bonds. The quantitative estimate of drug-likeness (QED) is 0.250. The van der Waals surface area contributed by atoms with Gasteiger partial charge < -0.3 is 18.6 Å². The predicted molar refractivity (Wildman–Crippen MR) is 172 cm³/mol. The van der Waals surface area contributed by atoms with Crippen LogP contribution < -0.4 is 0 Å². The molecule has 0 unspecified atom stereocenters. The van der Waals surface area contributed by atoms with Crippen LogP contribution >= 0.6 is 15.9 Å². The molecule has 0 atom stereocenters. The van der Waals surface area contributed by atoms with Crippen molar-refractivity contribution in [1.29, 1.82) is 15.8 Å². The molecule has 5 rings (SSSR count). The molecule has 0 saturated carbocycles. The van der Waals surface area contributed by atoms with Crippen LogP contribution in [0.25, 0.3) is 11.1 Å². The Balaban J connectivity index is 0.000000196. The van der Waals surface area contributed by atoms with Crippen LogP contribution in [0.1, 0.15) is 72.1 Å². The highest BCUT2D eigenvalue weighted by Crippen LogP contribution is 2.43. The summed E-state index contributed by atoms with van der Waals surface area (Å²) >= 11 is 3.08. The van der Waals surface area contributed by atoms with Crippen LogP contribution in [0.5, 0.6) is 0 Å². The van der Waals surface area contributed by atoms with Gasteiger partial charge in [-0.2, -0.15) is 15.8 Å². The molecule has 7 nitrogen and oxygen atoms in total. The van der Waals surface area contributed by atoms with Crippen LogP contribution in [0.3, 0.4) is 0 Å². The first-order valence-electron chi connectivity index (χ1n) is 14.2. The maximum atomic E-state index is 13.4. The molecule has 0 N–H and O–H groups in total. The molecule has 2 heterocycles. The topological polar surface area (TPSA) is 108 Å². The molecule has 46 heavy (non-hydrogen) atoms. The summed E-state index contributed by atoms with van der Waals surface area (Å²) < 4.78 is 63.9. The Bertz CT molecular complexity index is 1600. The molecule has 2 aliphatic rings. The van der Waals surface area contributed by atoms with Gasteiger partial charge in [0.2, 0.25) is 0 Å². The lowest BCUT2D eigenvalue weighted by molar-refractivity contribution is 0.00578. The van der Waals surface area contributed by atoms with E-state index < -0.39 is 31.5 Å². The van der Waals surface area contributed by atoms with Gasteiger partial charge in [0.05, 0.1) is 39.1 Å². The van der Waals surface area contributed by atoms with Crippen molar-refractivity contribution in [3.8, 4) is 29.3 Å². The lowest BCUT2D eigenvalue weighted by atomic mass is 9.49. The smallest absolute Gasteiger partial charge is 0.405 e. The number of rotatable bonds is 2. The van der Waals surface area contributed by atoms with Crippen LogP contribution in [0, 0.1) is 51.4 Å². The SMILES string of the molecule is CC1(C)OB(B2OC(C)(C)C(C)(C)O2)OC1(C)C.N#Cc1ccc(-c2ccc(C#N)c(F)c2)cc1F.N#Cc1ccc(Br)cc1F. The lowest BCUT2D eigenvalue weighted by Crippen LogP contribution is -2.41. The number of nitrogens with zero attached hydrogens (tertiary/aromatic N) is 3. The Morgan fingerprint density at radius 2 is 0.804 bits per heavy atom. The third-order valence-corrected chi connectivity index (χ3v) is 8.82. The van der Waals surface area contributed by atoms with Gasteiger partial charge in [-0.05, 0) is 109 Å². The third-order valence-electron chi connectivity index (χ3n) is 8.33. The fraction of sp³-hybridized carbons (Fsp3) is 0.364. The minimum atomic E-state index is -0.653. The first kappa shape index (κ1) is 36.8. The molecule has 2 fully saturated rings. The normalized spacial score (nSPS) is 18.2. The molecule has 3 aromatic rings. The van der Waals surface area contributed by atoms with Crippen molar-refractivity contribution in [3.63, 3.8) is 0 Å². The van der Waals surface area contributed by atoms with E-state index in [0.29, 0.717) is 15.6 Å². The van der Waals surface area contributed by atoms with Crippen molar-refractivity contribution >= 4 is 29.9 Å². The van der Waals surface area contributed by atoms with Crippen LogP contribution in [-0.4, -0.2) is 36.4 Å². The zero-order valence-corrected chi connectivity index (χ0v) is 28.4. The van der Waals surface area contributed by atoms with Gasteiger partial charge in [0.1, 0.15) is 35.7 Å². The van der Waals surface area contributed by atoms with Crippen LogP contribution in [0.4, 0.5) is 13.2 Å². The van der Waals surface area contributed by atoms with Gasteiger partial charge >= 0.3 is 14.0 Å². The Kier molecular flexibility index (Phi) is 11.2. The Labute approximate surface area is 277 Å².